The molecule has 0 spiro atoms. The van der Waals surface area contributed by atoms with Crippen molar-refractivity contribution >= 4 is 0 Å². The molecule has 1 aliphatic rings. The second kappa shape index (κ2) is 6.88. The fraction of sp³-hybridized carbons (Fsp3) is 0.600. The Morgan fingerprint density at radius 3 is 2.67 bits per heavy atom. The van der Waals surface area contributed by atoms with Gasteiger partial charge in [0.2, 0.25) is 0 Å². The van der Waals surface area contributed by atoms with Gasteiger partial charge >= 0.3 is 0 Å². The second-order valence-electron chi connectivity index (χ2n) is 5.15. The molecule has 1 saturated carbocycles. The van der Waals surface area contributed by atoms with E-state index in [1.54, 1.807) is 7.11 Å². The summed E-state index contributed by atoms with van der Waals surface area (Å²) in [6.45, 7) is 4.34. The van der Waals surface area contributed by atoms with Gasteiger partial charge in [0.15, 0.2) is 0 Å². The lowest BCUT2D eigenvalue weighted by atomic mass is 10.1. The molecule has 0 aliphatic heterocycles. The van der Waals surface area contributed by atoms with Gasteiger partial charge in [-0.15, -0.1) is 0 Å². The first-order valence-electron chi connectivity index (χ1n) is 6.66. The van der Waals surface area contributed by atoms with Crippen LogP contribution in [0.25, 0.3) is 0 Å². The summed E-state index contributed by atoms with van der Waals surface area (Å²) in [4.78, 5) is 0. The zero-order valence-corrected chi connectivity index (χ0v) is 11.2. The molecule has 18 heavy (non-hydrogen) atoms. The van der Waals surface area contributed by atoms with E-state index in [-0.39, 0.29) is 0 Å². The molecule has 100 valence electrons. The third-order valence-corrected chi connectivity index (χ3v) is 3.46. The Bertz CT molecular complexity index is 336. The van der Waals surface area contributed by atoms with Crippen LogP contribution in [0.15, 0.2) is 30.3 Å². The van der Waals surface area contributed by atoms with Crippen LogP contribution in [0, 0.1) is 5.41 Å². The van der Waals surface area contributed by atoms with Gasteiger partial charge in [-0.25, -0.2) is 0 Å². The predicted molar refractivity (Wildman–Crippen MR) is 72.5 cm³/mol. The minimum absolute atomic E-state index is 0.391. The zero-order chi connectivity index (χ0) is 12.7. The first-order valence-corrected chi connectivity index (χ1v) is 6.66. The standard InChI is InChI=1S/C15H23NO2/c1-17-10-9-16-12-15(7-8-15)13-18-11-14-5-3-2-4-6-14/h2-6,16H,7-13H2,1H3. The predicted octanol–water partition coefficient (Wildman–Crippen LogP) is 2.22. The Balaban J connectivity index is 1.61. The molecule has 0 radical (unpaired) electrons. The van der Waals surface area contributed by atoms with Gasteiger partial charge in [0.05, 0.1) is 19.8 Å². The highest BCUT2D eigenvalue weighted by Crippen LogP contribution is 2.45. The molecule has 0 aromatic heterocycles. The molecule has 0 unspecified atom stereocenters. The van der Waals surface area contributed by atoms with Crippen LogP contribution in [0.2, 0.25) is 0 Å². The van der Waals surface area contributed by atoms with E-state index in [4.69, 9.17) is 9.47 Å². The third kappa shape index (κ3) is 4.41. The van der Waals surface area contributed by atoms with Gasteiger partial charge in [-0.3, -0.25) is 0 Å². The Morgan fingerprint density at radius 2 is 2.00 bits per heavy atom. The quantitative estimate of drug-likeness (QED) is 0.681. The van der Waals surface area contributed by atoms with Crippen LogP contribution in [0.4, 0.5) is 0 Å². The van der Waals surface area contributed by atoms with Crippen molar-refractivity contribution in [1.82, 2.24) is 5.32 Å². The van der Waals surface area contributed by atoms with E-state index < -0.39 is 0 Å². The molecule has 1 aromatic carbocycles. The number of methoxy groups -OCH3 is 1. The van der Waals surface area contributed by atoms with Crippen LogP contribution in [0.5, 0.6) is 0 Å². The molecule has 1 aromatic rings. The number of nitrogens with one attached hydrogen (secondary N) is 1. The Kier molecular flexibility index (Phi) is 5.17. The van der Waals surface area contributed by atoms with Crippen LogP contribution < -0.4 is 5.32 Å². The maximum atomic E-state index is 5.83. The van der Waals surface area contributed by atoms with E-state index in [0.717, 1.165) is 32.9 Å². The van der Waals surface area contributed by atoms with Crippen molar-refractivity contribution in [2.24, 2.45) is 5.41 Å². The monoisotopic (exact) mass is 249 g/mol. The molecule has 0 saturated heterocycles. The number of benzene rings is 1. The van der Waals surface area contributed by atoms with Crippen molar-refractivity contribution in [2.45, 2.75) is 19.4 Å². The van der Waals surface area contributed by atoms with Gasteiger partial charge in [-0.2, -0.15) is 0 Å². The fourth-order valence-corrected chi connectivity index (χ4v) is 2.04. The van der Waals surface area contributed by atoms with Crippen molar-refractivity contribution in [1.29, 1.82) is 0 Å². The van der Waals surface area contributed by atoms with Crippen molar-refractivity contribution < 1.29 is 9.47 Å². The molecule has 0 heterocycles. The second-order valence-corrected chi connectivity index (χ2v) is 5.15. The average molecular weight is 249 g/mol. The Morgan fingerprint density at radius 1 is 1.22 bits per heavy atom. The molecule has 0 bridgehead atoms. The SMILES string of the molecule is COCCNCC1(COCc2ccccc2)CC1. The minimum atomic E-state index is 0.391. The highest BCUT2D eigenvalue weighted by Gasteiger charge is 2.42. The Hall–Kier alpha value is -0.900. The molecule has 1 N–H and O–H groups in total. The smallest absolute Gasteiger partial charge is 0.0717 e. The first kappa shape index (κ1) is 13.5. The highest BCUT2D eigenvalue weighted by molar-refractivity contribution is 5.13. The molecular weight excluding hydrogens is 226 g/mol. The summed E-state index contributed by atoms with van der Waals surface area (Å²) < 4.78 is 10.9. The number of hydrogen-bond acceptors (Lipinski definition) is 3. The lowest BCUT2D eigenvalue weighted by Crippen LogP contribution is -2.29. The van der Waals surface area contributed by atoms with Crippen LogP contribution >= 0.6 is 0 Å². The Labute approximate surface area is 109 Å². The molecule has 1 aliphatic carbocycles. The van der Waals surface area contributed by atoms with Crippen molar-refractivity contribution in [2.75, 3.05) is 33.4 Å². The molecule has 1 fully saturated rings. The molecule has 3 heteroatoms. The van der Waals surface area contributed by atoms with Gasteiger partial charge < -0.3 is 14.8 Å². The maximum absolute atomic E-state index is 5.83. The lowest BCUT2D eigenvalue weighted by molar-refractivity contribution is 0.0768. The summed E-state index contributed by atoms with van der Waals surface area (Å²) in [6.07, 6.45) is 2.56. The van der Waals surface area contributed by atoms with Gasteiger partial charge in [0.25, 0.3) is 0 Å². The average Bonchev–Trinajstić information content (AvgIpc) is 3.17. The van der Waals surface area contributed by atoms with Gasteiger partial charge in [0, 0.05) is 25.6 Å². The van der Waals surface area contributed by atoms with Gasteiger partial charge in [-0.1, -0.05) is 30.3 Å². The van der Waals surface area contributed by atoms with Crippen LogP contribution in [0.1, 0.15) is 18.4 Å². The van der Waals surface area contributed by atoms with E-state index >= 15 is 0 Å². The molecular formula is C15H23NO2. The topological polar surface area (TPSA) is 30.5 Å². The lowest BCUT2D eigenvalue weighted by Gasteiger charge is -2.16. The maximum Gasteiger partial charge on any atom is 0.0717 e. The third-order valence-electron chi connectivity index (χ3n) is 3.46. The molecule has 0 amide bonds. The first-order chi connectivity index (χ1) is 8.85. The van der Waals surface area contributed by atoms with Crippen LogP contribution in [0.3, 0.4) is 0 Å². The summed E-state index contributed by atoms with van der Waals surface area (Å²) >= 11 is 0. The van der Waals surface area contributed by atoms with Crippen molar-refractivity contribution in [3.8, 4) is 0 Å². The van der Waals surface area contributed by atoms with Gasteiger partial charge in [0.1, 0.15) is 0 Å². The minimum Gasteiger partial charge on any atom is -0.383 e. The zero-order valence-electron chi connectivity index (χ0n) is 11.2. The summed E-state index contributed by atoms with van der Waals surface area (Å²) in [5.74, 6) is 0. The van der Waals surface area contributed by atoms with E-state index in [1.807, 2.05) is 6.07 Å². The van der Waals surface area contributed by atoms with E-state index in [0.29, 0.717) is 5.41 Å². The molecule has 0 atom stereocenters. The van der Waals surface area contributed by atoms with Crippen LogP contribution in [-0.2, 0) is 16.1 Å². The summed E-state index contributed by atoms with van der Waals surface area (Å²) in [6, 6.07) is 10.4. The number of rotatable bonds is 9. The normalized spacial score (nSPS) is 16.7. The van der Waals surface area contributed by atoms with Crippen LogP contribution in [-0.4, -0.2) is 33.4 Å². The molecule has 2 rings (SSSR count). The summed E-state index contributed by atoms with van der Waals surface area (Å²) in [5.41, 5.74) is 1.64. The van der Waals surface area contributed by atoms with Gasteiger partial charge in [-0.05, 0) is 18.4 Å². The van der Waals surface area contributed by atoms with E-state index in [1.165, 1.54) is 18.4 Å². The fourth-order valence-electron chi connectivity index (χ4n) is 2.04. The van der Waals surface area contributed by atoms with Crippen molar-refractivity contribution in [3.63, 3.8) is 0 Å². The van der Waals surface area contributed by atoms with E-state index in [9.17, 15) is 0 Å². The largest absolute Gasteiger partial charge is 0.383 e. The highest BCUT2D eigenvalue weighted by atomic mass is 16.5. The summed E-state index contributed by atoms with van der Waals surface area (Å²) in [7, 11) is 1.73. The summed E-state index contributed by atoms with van der Waals surface area (Å²) in [5, 5.41) is 3.43. The molecule has 3 nitrogen and oxygen atoms in total. The number of hydrogen-bond donors (Lipinski definition) is 1. The van der Waals surface area contributed by atoms with Crippen molar-refractivity contribution in [3.05, 3.63) is 35.9 Å². The number of ether oxygens (including phenoxy) is 2. The van der Waals surface area contributed by atoms with E-state index in [2.05, 4.69) is 29.6 Å².